The van der Waals surface area contributed by atoms with Crippen molar-refractivity contribution < 1.29 is 19.5 Å². The molecule has 1 unspecified atom stereocenters. The summed E-state index contributed by atoms with van der Waals surface area (Å²) in [5, 5.41) is 11.6. The number of likely N-dealkylation sites (N-methyl/N-ethyl adjacent to an activating group) is 1. The summed E-state index contributed by atoms with van der Waals surface area (Å²) in [5.41, 5.74) is 0. The third-order valence-electron chi connectivity index (χ3n) is 3.41. The number of hydrogen-bond donors (Lipinski definition) is 2. The van der Waals surface area contributed by atoms with Crippen LogP contribution in [0, 0.1) is 0 Å². The van der Waals surface area contributed by atoms with Gasteiger partial charge in [0.2, 0.25) is 5.91 Å². The monoisotopic (exact) mass is 285 g/mol. The van der Waals surface area contributed by atoms with Crippen LogP contribution >= 0.6 is 0 Å². The topological polar surface area (TPSA) is 90.0 Å². The molecule has 1 heterocycles. The van der Waals surface area contributed by atoms with Gasteiger partial charge in [0.05, 0.1) is 6.42 Å². The molecule has 0 radical (unpaired) electrons. The van der Waals surface area contributed by atoms with Crippen molar-refractivity contribution in [3.8, 4) is 0 Å². The first-order valence-corrected chi connectivity index (χ1v) is 6.84. The third-order valence-corrected chi connectivity index (χ3v) is 3.41. The number of nitrogens with zero attached hydrogens (tertiary/aromatic N) is 2. The molecule has 0 aromatic rings. The lowest BCUT2D eigenvalue weighted by molar-refractivity contribution is -0.137. The van der Waals surface area contributed by atoms with Gasteiger partial charge in [-0.1, -0.05) is 0 Å². The number of likely N-dealkylation sites (tertiary alicyclic amines) is 1. The Morgan fingerprint density at radius 3 is 2.65 bits per heavy atom. The fourth-order valence-electron chi connectivity index (χ4n) is 2.20. The van der Waals surface area contributed by atoms with E-state index in [4.69, 9.17) is 5.11 Å². The number of carbonyl (C=O) groups excluding carboxylic acids is 2. The molecule has 1 saturated heterocycles. The number of carboxylic acids is 1. The van der Waals surface area contributed by atoms with Crippen LogP contribution in [0.25, 0.3) is 0 Å². The second-order valence-electron chi connectivity index (χ2n) is 5.39. The summed E-state index contributed by atoms with van der Waals surface area (Å²) < 4.78 is 0. The van der Waals surface area contributed by atoms with Gasteiger partial charge in [0.25, 0.3) is 0 Å². The van der Waals surface area contributed by atoms with Crippen LogP contribution in [0.1, 0.15) is 33.1 Å². The van der Waals surface area contributed by atoms with Crippen molar-refractivity contribution in [2.75, 3.05) is 20.1 Å². The van der Waals surface area contributed by atoms with Crippen molar-refractivity contribution in [2.45, 2.75) is 45.2 Å². The maximum atomic E-state index is 12.2. The first kappa shape index (κ1) is 16.3. The minimum absolute atomic E-state index is 0.0719. The molecule has 20 heavy (non-hydrogen) atoms. The second-order valence-corrected chi connectivity index (χ2v) is 5.39. The van der Waals surface area contributed by atoms with Gasteiger partial charge in [-0.15, -0.1) is 0 Å². The van der Waals surface area contributed by atoms with Gasteiger partial charge in [0.1, 0.15) is 0 Å². The molecule has 0 aliphatic carbocycles. The molecule has 3 amide bonds. The molecule has 114 valence electrons. The molecule has 0 bridgehead atoms. The van der Waals surface area contributed by atoms with E-state index in [0.29, 0.717) is 19.4 Å². The third kappa shape index (κ3) is 4.71. The SMILES string of the molecule is CC(C)N(CCC(=O)O)C(=O)NC1CCC(=O)N(C)C1. The molecular weight excluding hydrogens is 262 g/mol. The number of carbonyl (C=O) groups is 3. The fourth-order valence-corrected chi connectivity index (χ4v) is 2.20. The van der Waals surface area contributed by atoms with E-state index >= 15 is 0 Å². The van der Waals surface area contributed by atoms with Gasteiger partial charge in [-0.05, 0) is 20.3 Å². The van der Waals surface area contributed by atoms with Crippen LogP contribution in [0.5, 0.6) is 0 Å². The van der Waals surface area contributed by atoms with Gasteiger partial charge in [0.15, 0.2) is 0 Å². The van der Waals surface area contributed by atoms with Crippen LogP contribution < -0.4 is 5.32 Å². The molecule has 0 aromatic carbocycles. The van der Waals surface area contributed by atoms with Crippen LogP contribution in [0.3, 0.4) is 0 Å². The zero-order chi connectivity index (χ0) is 15.3. The Hall–Kier alpha value is -1.79. The van der Waals surface area contributed by atoms with E-state index in [0.717, 1.165) is 0 Å². The summed E-state index contributed by atoms with van der Waals surface area (Å²) in [6.07, 6.45) is 0.979. The molecule has 7 nitrogen and oxygen atoms in total. The number of urea groups is 1. The van der Waals surface area contributed by atoms with Crippen molar-refractivity contribution in [2.24, 2.45) is 0 Å². The van der Waals surface area contributed by atoms with E-state index in [1.807, 2.05) is 13.8 Å². The number of carboxylic acid groups (broad SMARTS) is 1. The summed E-state index contributed by atoms with van der Waals surface area (Å²) in [6, 6.07) is -0.414. The standard InChI is InChI=1S/C13H23N3O4/c1-9(2)16(7-6-12(18)19)13(20)14-10-4-5-11(17)15(3)8-10/h9-10H,4-8H2,1-3H3,(H,14,20)(H,18,19). The van der Waals surface area contributed by atoms with Crippen molar-refractivity contribution in [1.82, 2.24) is 15.1 Å². The van der Waals surface area contributed by atoms with Crippen LogP contribution in [0.4, 0.5) is 4.79 Å². The maximum Gasteiger partial charge on any atom is 0.317 e. The van der Waals surface area contributed by atoms with Crippen molar-refractivity contribution in [3.63, 3.8) is 0 Å². The number of rotatable bonds is 5. The van der Waals surface area contributed by atoms with E-state index < -0.39 is 5.97 Å². The minimum atomic E-state index is -0.925. The summed E-state index contributed by atoms with van der Waals surface area (Å²) in [5.74, 6) is -0.839. The van der Waals surface area contributed by atoms with E-state index in [-0.39, 0.29) is 37.0 Å². The maximum absolute atomic E-state index is 12.2. The van der Waals surface area contributed by atoms with Gasteiger partial charge in [-0.3, -0.25) is 9.59 Å². The predicted molar refractivity (Wildman–Crippen MR) is 73.3 cm³/mol. The zero-order valence-electron chi connectivity index (χ0n) is 12.3. The predicted octanol–water partition coefficient (Wildman–Crippen LogP) is 0.502. The normalized spacial score (nSPS) is 19.1. The van der Waals surface area contributed by atoms with Crippen LogP contribution in [-0.4, -0.2) is 65.0 Å². The summed E-state index contributed by atoms with van der Waals surface area (Å²) in [7, 11) is 1.71. The lowest BCUT2D eigenvalue weighted by Gasteiger charge is -2.33. The number of nitrogens with one attached hydrogen (secondary N) is 1. The average molecular weight is 285 g/mol. The lowest BCUT2D eigenvalue weighted by atomic mass is 10.1. The van der Waals surface area contributed by atoms with Gasteiger partial charge in [0, 0.05) is 38.6 Å². The molecule has 2 N–H and O–H groups in total. The molecule has 1 aliphatic heterocycles. The average Bonchev–Trinajstić information content (AvgIpc) is 2.33. The molecule has 0 saturated carbocycles. The van der Waals surface area contributed by atoms with Gasteiger partial charge in [-0.2, -0.15) is 0 Å². The van der Waals surface area contributed by atoms with Crippen LogP contribution in [0.2, 0.25) is 0 Å². The first-order valence-electron chi connectivity index (χ1n) is 6.84. The van der Waals surface area contributed by atoms with E-state index in [9.17, 15) is 14.4 Å². The van der Waals surface area contributed by atoms with Crippen molar-refractivity contribution in [3.05, 3.63) is 0 Å². The number of piperidine rings is 1. The Morgan fingerprint density at radius 1 is 1.50 bits per heavy atom. The first-order chi connectivity index (χ1) is 9.31. The minimum Gasteiger partial charge on any atom is -0.481 e. The Morgan fingerprint density at radius 2 is 2.15 bits per heavy atom. The van der Waals surface area contributed by atoms with Crippen LogP contribution in [-0.2, 0) is 9.59 Å². The van der Waals surface area contributed by atoms with Gasteiger partial charge >= 0.3 is 12.0 Å². The Kier molecular flexibility index (Phi) is 5.79. The number of amides is 3. The largest absolute Gasteiger partial charge is 0.481 e. The van der Waals surface area contributed by atoms with E-state index in [2.05, 4.69) is 5.32 Å². The highest BCUT2D eigenvalue weighted by molar-refractivity contribution is 5.78. The summed E-state index contributed by atoms with van der Waals surface area (Å²) in [4.78, 5) is 37.3. The Balaban J connectivity index is 2.53. The highest BCUT2D eigenvalue weighted by atomic mass is 16.4. The van der Waals surface area contributed by atoms with E-state index in [1.165, 1.54) is 4.90 Å². The Bertz CT molecular complexity index is 384. The van der Waals surface area contributed by atoms with E-state index in [1.54, 1.807) is 11.9 Å². The van der Waals surface area contributed by atoms with Crippen molar-refractivity contribution in [1.29, 1.82) is 0 Å². The number of hydrogen-bond acceptors (Lipinski definition) is 3. The molecule has 0 aromatic heterocycles. The molecule has 1 atom stereocenters. The quantitative estimate of drug-likeness (QED) is 0.769. The van der Waals surface area contributed by atoms with Gasteiger partial charge < -0.3 is 20.2 Å². The summed E-state index contributed by atoms with van der Waals surface area (Å²) in [6.45, 7) is 4.37. The molecular formula is C13H23N3O4. The molecule has 1 fully saturated rings. The summed E-state index contributed by atoms with van der Waals surface area (Å²) >= 11 is 0. The Labute approximate surface area is 118 Å². The second kappa shape index (κ2) is 7.12. The van der Waals surface area contributed by atoms with Gasteiger partial charge in [-0.25, -0.2) is 4.79 Å². The molecule has 7 heteroatoms. The smallest absolute Gasteiger partial charge is 0.317 e. The van der Waals surface area contributed by atoms with Crippen LogP contribution in [0.15, 0.2) is 0 Å². The molecule has 0 spiro atoms. The molecule has 1 aliphatic rings. The zero-order valence-corrected chi connectivity index (χ0v) is 12.3. The fraction of sp³-hybridized carbons (Fsp3) is 0.769. The number of aliphatic carboxylic acids is 1. The highest BCUT2D eigenvalue weighted by Crippen LogP contribution is 2.11. The highest BCUT2D eigenvalue weighted by Gasteiger charge is 2.26. The lowest BCUT2D eigenvalue weighted by Crippen LogP contribution is -2.53. The van der Waals surface area contributed by atoms with Crippen molar-refractivity contribution >= 4 is 17.9 Å². The molecule has 1 rings (SSSR count).